The third kappa shape index (κ3) is 2.45. The van der Waals surface area contributed by atoms with Crippen LogP contribution in [0.2, 0.25) is 0 Å². The maximum Gasteiger partial charge on any atom is 0.0807 e. The molecule has 13 heavy (non-hydrogen) atoms. The van der Waals surface area contributed by atoms with Crippen LogP contribution in [0, 0.1) is 22.7 Å². The molecule has 1 aliphatic carbocycles. The predicted octanol–water partition coefficient (Wildman–Crippen LogP) is 2.74. The van der Waals surface area contributed by atoms with E-state index in [9.17, 15) is 0 Å². The first-order valence-corrected chi connectivity index (χ1v) is 5.16. The van der Waals surface area contributed by atoms with Gasteiger partial charge in [0.25, 0.3) is 0 Å². The van der Waals surface area contributed by atoms with Crippen LogP contribution in [-0.4, -0.2) is 13.7 Å². The molecule has 0 amide bonds. The van der Waals surface area contributed by atoms with Crippen LogP contribution in [0.1, 0.15) is 39.0 Å². The van der Waals surface area contributed by atoms with E-state index in [2.05, 4.69) is 13.0 Å². The fourth-order valence-electron chi connectivity index (χ4n) is 2.20. The molecule has 0 bridgehead atoms. The fraction of sp³-hybridized carbons (Fsp3) is 0.909. The standard InChI is InChI=1S/C11H19NO/c1-3-10-4-6-11(8-12,7-5-10)9-13-2/h10H,3-7,9H2,1-2H3. The van der Waals surface area contributed by atoms with Crippen molar-refractivity contribution in [2.75, 3.05) is 13.7 Å². The number of nitriles is 1. The molecule has 1 fully saturated rings. The van der Waals surface area contributed by atoms with Crippen molar-refractivity contribution in [1.82, 2.24) is 0 Å². The highest BCUT2D eigenvalue weighted by Gasteiger charge is 2.34. The van der Waals surface area contributed by atoms with Gasteiger partial charge >= 0.3 is 0 Å². The summed E-state index contributed by atoms with van der Waals surface area (Å²) in [5.74, 6) is 0.846. The summed E-state index contributed by atoms with van der Waals surface area (Å²) in [5.41, 5.74) is -0.166. The number of methoxy groups -OCH3 is 1. The Hall–Kier alpha value is -0.550. The molecule has 0 aliphatic heterocycles. The van der Waals surface area contributed by atoms with Gasteiger partial charge in [0.05, 0.1) is 18.1 Å². The van der Waals surface area contributed by atoms with Crippen LogP contribution in [0.4, 0.5) is 0 Å². The van der Waals surface area contributed by atoms with Gasteiger partial charge < -0.3 is 4.74 Å². The van der Waals surface area contributed by atoms with E-state index in [4.69, 9.17) is 10.00 Å². The van der Waals surface area contributed by atoms with Crippen molar-refractivity contribution in [3.05, 3.63) is 0 Å². The summed E-state index contributed by atoms with van der Waals surface area (Å²) in [6.45, 7) is 2.85. The van der Waals surface area contributed by atoms with E-state index in [1.807, 2.05) is 0 Å². The first kappa shape index (κ1) is 10.5. The summed E-state index contributed by atoms with van der Waals surface area (Å²) >= 11 is 0. The van der Waals surface area contributed by atoms with Crippen LogP contribution in [0.5, 0.6) is 0 Å². The zero-order valence-electron chi connectivity index (χ0n) is 8.68. The summed E-state index contributed by atoms with van der Waals surface area (Å²) in [7, 11) is 1.69. The Kier molecular flexibility index (Phi) is 3.74. The molecule has 0 N–H and O–H groups in total. The second-order valence-corrected chi connectivity index (χ2v) is 4.18. The van der Waals surface area contributed by atoms with Crippen LogP contribution in [-0.2, 0) is 4.74 Å². The quantitative estimate of drug-likeness (QED) is 0.670. The summed E-state index contributed by atoms with van der Waals surface area (Å²) in [4.78, 5) is 0. The lowest BCUT2D eigenvalue weighted by Crippen LogP contribution is -2.30. The molecule has 0 heterocycles. The van der Waals surface area contributed by atoms with Gasteiger partial charge in [0.1, 0.15) is 0 Å². The molecule has 0 aromatic heterocycles. The van der Waals surface area contributed by atoms with E-state index >= 15 is 0 Å². The minimum atomic E-state index is -0.166. The lowest BCUT2D eigenvalue weighted by Gasteiger charge is -2.33. The lowest BCUT2D eigenvalue weighted by molar-refractivity contribution is 0.0749. The molecule has 0 aromatic rings. The average Bonchev–Trinajstić information content (AvgIpc) is 2.19. The highest BCUT2D eigenvalue weighted by Crippen LogP contribution is 2.39. The molecule has 0 radical (unpaired) electrons. The lowest BCUT2D eigenvalue weighted by atomic mass is 9.71. The van der Waals surface area contributed by atoms with Crippen LogP contribution in [0.3, 0.4) is 0 Å². The Morgan fingerprint density at radius 3 is 2.46 bits per heavy atom. The van der Waals surface area contributed by atoms with Crippen molar-refractivity contribution in [1.29, 1.82) is 5.26 Å². The zero-order valence-corrected chi connectivity index (χ0v) is 8.68. The minimum absolute atomic E-state index is 0.166. The second kappa shape index (κ2) is 4.62. The maximum atomic E-state index is 9.10. The average molecular weight is 181 g/mol. The van der Waals surface area contributed by atoms with E-state index in [1.54, 1.807) is 7.11 Å². The molecule has 2 nitrogen and oxygen atoms in total. The van der Waals surface area contributed by atoms with Gasteiger partial charge in [0.2, 0.25) is 0 Å². The fourth-order valence-corrected chi connectivity index (χ4v) is 2.20. The van der Waals surface area contributed by atoms with E-state index in [-0.39, 0.29) is 5.41 Å². The van der Waals surface area contributed by atoms with Crippen LogP contribution in [0.25, 0.3) is 0 Å². The van der Waals surface area contributed by atoms with Crippen molar-refractivity contribution < 1.29 is 4.74 Å². The molecule has 1 aliphatic rings. The summed E-state index contributed by atoms with van der Waals surface area (Å²) < 4.78 is 5.12. The molecule has 1 saturated carbocycles. The van der Waals surface area contributed by atoms with Crippen molar-refractivity contribution >= 4 is 0 Å². The first-order valence-electron chi connectivity index (χ1n) is 5.16. The monoisotopic (exact) mass is 181 g/mol. The van der Waals surface area contributed by atoms with Crippen molar-refractivity contribution in [2.45, 2.75) is 39.0 Å². The first-order chi connectivity index (χ1) is 6.26. The topological polar surface area (TPSA) is 33.0 Å². The van der Waals surface area contributed by atoms with E-state index in [0.29, 0.717) is 6.61 Å². The Morgan fingerprint density at radius 2 is 2.08 bits per heavy atom. The van der Waals surface area contributed by atoms with E-state index < -0.39 is 0 Å². The van der Waals surface area contributed by atoms with Gasteiger partial charge in [-0.25, -0.2) is 0 Å². The molecular weight excluding hydrogens is 162 g/mol. The Bertz CT molecular complexity index is 187. The Balaban J connectivity index is 2.49. The van der Waals surface area contributed by atoms with Crippen molar-refractivity contribution in [2.24, 2.45) is 11.3 Å². The van der Waals surface area contributed by atoms with Gasteiger partial charge in [-0.15, -0.1) is 0 Å². The van der Waals surface area contributed by atoms with Crippen LogP contribution < -0.4 is 0 Å². The van der Waals surface area contributed by atoms with Gasteiger partial charge in [-0.3, -0.25) is 0 Å². The molecule has 0 atom stereocenters. The van der Waals surface area contributed by atoms with E-state index in [1.165, 1.54) is 19.3 Å². The molecule has 74 valence electrons. The maximum absolute atomic E-state index is 9.10. The van der Waals surface area contributed by atoms with Gasteiger partial charge in [-0.2, -0.15) is 5.26 Å². The summed E-state index contributed by atoms with van der Waals surface area (Å²) in [6.07, 6.45) is 5.71. The molecule has 1 rings (SSSR count). The third-order valence-electron chi connectivity index (χ3n) is 3.30. The predicted molar refractivity (Wildman–Crippen MR) is 52.2 cm³/mol. The molecule has 2 heteroatoms. The number of hydrogen-bond acceptors (Lipinski definition) is 2. The molecule has 0 unspecified atom stereocenters. The van der Waals surface area contributed by atoms with Gasteiger partial charge in [-0.05, 0) is 31.6 Å². The van der Waals surface area contributed by atoms with Crippen molar-refractivity contribution in [3.63, 3.8) is 0 Å². The largest absolute Gasteiger partial charge is 0.383 e. The Labute approximate surface area is 80.9 Å². The van der Waals surface area contributed by atoms with Gasteiger partial charge in [0, 0.05) is 7.11 Å². The van der Waals surface area contributed by atoms with Gasteiger partial charge in [-0.1, -0.05) is 13.3 Å². The highest BCUT2D eigenvalue weighted by molar-refractivity contribution is 5.01. The number of hydrogen-bond donors (Lipinski definition) is 0. The number of rotatable bonds is 3. The molecular formula is C11H19NO. The highest BCUT2D eigenvalue weighted by atomic mass is 16.5. The second-order valence-electron chi connectivity index (χ2n) is 4.18. The molecule has 0 aromatic carbocycles. The van der Waals surface area contributed by atoms with Crippen LogP contribution in [0.15, 0.2) is 0 Å². The summed E-state index contributed by atoms with van der Waals surface area (Å²) in [5, 5.41) is 9.10. The van der Waals surface area contributed by atoms with Crippen molar-refractivity contribution in [3.8, 4) is 6.07 Å². The smallest absolute Gasteiger partial charge is 0.0807 e. The van der Waals surface area contributed by atoms with E-state index in [0.717, 1.165) is 18.8 Å². The normalized spacial score (nSPS) is 34.1. The zero-order chi connectivity index (χ0) is 9.73. The Morgan fingerprint density at radius 1 is 1.46 bits per heavy atom. The number of ether oxygens (including phenoxy) is 1. The third-order valence-corrected chi connectivity index (χ3v) is 3.30. The molecule has 0 spiro atoms. The van der Waals surface area contributed by atoms with Gasteiger partial charge in [0.15, 0.2) is 0 Å². The summed E-state index contributed by atoms with van der Waals surface area (Å²) in [6, 6.07) is 2.44. The minimum Gasteiger partial charge on any atom is -0.383 e. The van der Waals surface area contributed by atoms with Crippen LogP contribution >= 0.6 is 0 Å². The SMILES string of the molecule is CCC1CCC(C#N)(COC)CC1. The molecule has 0 saturated heterocycles. The number of nitrogens with zero attached hydrogens (tertiary/aromatic N) is 1.